The molecule has 114 valence electrons. The average molecular weight is 293 g/mol. The predicted octanol–water partition coefficient (Wildman–Crippen LogP) is 1.71. The van der Waals surface area contributed by atoms with E-state index in [0.717, 1.165) is 13.0 Å². The van der Waals surface area contributed by atoms with Gasteiger partial charge in [0.1, 0.15) is 0 Å². The van der Waals surface area contributed by atoms with Gasteiger partial charge in [-0.05, 0) is 31.5 Å². The number of carbonyl (C=O) groups excluding carboxylic acids is 1. The van der Waals surface area contributed by atoms with Crippen LogP contribution in [0.3, 0.4) is 0 Å². The molecule has 0 bridgehead atoms. The lowest BCUT2D eigenvalue weighted by Gasteiger charge is -2.17. The Balaban J connectivity index is 2.21. The number of nitro groups is 1. The number of methoxy groups -OCH3 is 1. The lowest BCUT2D eigenvalue weighted by Crippen LogP contribution is -2.38. The number of nitro benzene ring substituents is 1. The van der Waals surface area contributed by atoms with Crippen molar-refractivity contribution in [2.75, 3.05) is 25.1 Å². The zero-order valence-electron chi connectivity index (χ0n) is 12.2. The Morgan fingerprint density at radius 2 is 2.29 bits per heavy atom. The number of nitrogens with zero attached hydrogens (tertiary/aromatic N) is 2. The van der Waals surface area contributed by atoms with Gasteiger partial charge in [0.05, 0.1) is 23.8 Å². The van der Waals surface area contributed by atoms with Crippen molar-refractivity contribution >= 4 is 17.3 Å². The number of ether oxygens (including phenoxy) is 1. The Morgan fingerprint density at radius 3 is 2.90 bits per heavy atom. The van der Waals surface area contributed by atoms with Gasteiger partial charge in [0.25, 0.3) is 0 Å². The zero-order valence-corrected chi connectivity index (χ0v) is 12.2. The highest BCUT2D eigenvalue weighted by molar-refractivity contribution is 5.99. The van der Waals surface area contributed by atoms with E-state index in [9.17, 15) is 14.9 Å². The molecule has 1 aromatic rings. The smallest absolute Gasteiger partial charge is 0.312 e. The van der Waals surface area contributed by atoms with Crippen LogP contribution in [-0.4, -0.2) is 37.1 Å². The fourth-order valence-electron chi connectivity index (χ4n) is 2.43. The number of carbonyl (C=O) groups is 1. The molecule has 0 radical (unpaired) electrons. The molecule has 1 aliphatic heterocycles. The maximum Gasteiger partial charge on any atom is 0.312 e. The zero-order chi connectivity index (χ0) is 15.4. The van der Waals surface area contributed by atoms with Crippen molar-refractivity contribution in [3.63, 3.8) is 0 Å². The number of rotatable bonds is 6. The van der Waals surface area contributed by atoms with E-state index in [2.05, 4.69) is 5.32 Å². The van der Waals surface area contributed by atoms with Crippen molar-refractivity contribution in [2.24, 2.45) is 0 Å². The highest BCUT2D eigenvalue weighted by atomic mass is 16.6. The van der Waals surface area contributed by atoms with E-state index in [1.807, 2.05) is 6.92 Å². The monoisotopic (exact) mass is 293 g/mol. The summed E-state index contributed by atoms with van der Waals surface area (Å²) >= 11 is 0. The van der Waals surface area contributed by atoms with E-state index in [4.69, 9.17) is 4.74 Å². The first-order chi connectivity index (χ1) is 10.1. The minimum absolute atomic E-state index is 0.0390. The Labute approximate surface area is 123 Å². The lowest BCUT2D eigenvalue weighted by atomic mass is 10.2. The molecule has 7 nitrogen and oxygen atoms in total. The summed E-state index contributed by atoms with van der Waals surface area (Å²) in [5, 5.41) is 14.2. The third-order valence-electron chi connectivity index (χ3n) is 3.52. The molecule has 21 heavy (non-hydrogen) atoms. The number of benzene rings is 1. The van der Waals surface area contributed by atoms with Gasteiger partial charge in [-0.3, -0.25) is 14.9 Å². The third-order valence-corrected chi connectivity index (χ3v) is 3.52. The molecule has 0 saturated carbocycles. The van der Waals surface area contributed by atoms with Gasteiger partial charge in [-0.25, -0.2) is 0 Å². The molecule has 1 N–H and O–H groups in total. The molecule has 1 saturated heterocycles. The number of amides is 1. The molecule has 2 rings (SSSR count). The minimum Gasteiger partial charge on any atom is -0.490 e. The van der Waals surface area contributed by atoms with E-state index in [1.165, 1.54) is 19.2 Å². The number of nitrogens with one attached hydrogen (secondary N) is 1. The maximum absolute atomic E-state index is 12.3. The van der Waals surface area contributed by atoms with Gasteiger partial charge in [0, 0.05) is 12.6 Å². The van der Waals surface area contributed by atoms with E-state index in [-0.39, 0.29) is 23.4 Å². The van der Waals surface area contributed by atoms with Gasteiger partial charge in [-0.2, -0.15) is 0 Å². The van der Waals surface area contributed by atoms with Crippen molar-refractivity contribution in [2.45, 2.75) is 25.8 Å². The highest BCUT2D eigenvalue weighted by Gasteiger charge is 2.33. The van der Waals surface area contributed by atoms with E-state index in [0.29, 0.717) is 18.7 Å². The minimum atomic E-state index is -0.504. The summed E-state index contributed by atoms with van der Waals surface area (Å²) in [6.07, 6.45) is 1.66. The molecule has 7 heteroatoms. The standard InChI is InChI=1S/C14H19N3O4/c1-3-7-15-11-6-8-16(14(11)18)10-4-5-13(21-2)12(9-10)17(19)20/h4-5,9,11,15H,3,6-8H2,1-2H3. The van der Waals surface area contributed by atoms with Crippen molar-refractivity contribution < 1.29 is 14.5 Å². The maximum atomic E-state index is 12.3. The van der Waals surface area contributed by atoms with Crippen LogP contribution in [0.5, 0.6) is 5.75 Å². The van der Waals surface area contributed by atoms with E-state index >= 15 is 0 Å². The van der Waals surface area contributed by atoms with Crippen LogP contribution >= 0.6 is 0 Å². The average Bonchev–Trinajstić information content (AvgIpc) is 2.85. The van der Waals surface area contributed by atoms with E-state index in [1.54, 1.807) is 11.0 Å². The molecule has 1 atom stereocenters. The summed E-state index contributed by atoms with van der Waals surface area (Å²) in [5.74, 6) is 0.152. The van der Waals surface area contributed by atoms with Crippen molar-refractivity contribution in [3.8, 4) is 5.75 Å². The molecule has 0 spiro atoms. The quantitative estimate of drug-likeness (QED) is 0.637. The number of hydrogen-bond donors (Lipinski definition) is 1. The van der Waals surface area contributed by atoms with Gasteiger partial charge in [-0.1, -0.05) is 6.92 Å². The SMILES string of the molecule is CCCNC1CCN(c2ccc(OC)c([N+](=O)[O-])c2)C1=O. The molecule has 1 unspecified atom stereocenters. The summed E-state index contributed by atoms with van der Waals surface area (Å²) in [6, 6.07) is 4.38. The van der Waals surface area contributed by atoms with Crippen LogP contribution < -0.4 is 15.0 Å². The fourth-order valence-corrected chi connectivity index (χ4v) is 2.43. The van der Waals surface area contributed by atoms with Crippen LogP contribution in [0.15, 0.2) is 18.2 Å². The summed E-state index contributed by atoms with van der Waals surface area (Å²) in [4.78, 5) is 24.4. The summed E-state index contributed by atoms with van der Waals surface area (Å²) in [6.45, 7) is 3.38. The Morgan fingerprint density at radius 1 is 1.52 bits per heavy atom. The molecule has 0 aromatic heterocycles. The molecular formula is C14H19N3O4. The van der Waals surface area contributed by atoms with Crippen molar-refractivity contribution in [1.82, 2.24) is 5.32 Å². The van der Waals surface area contributed by atoms with Crippen LogP contribution in [0.1, 0.15) is 19.8 Å². The number of hydrogen-bond acceptors (Lipinski definition) is 5. The van der Waals surface area contributed by atoms with Gasteiger partial charge in [0.15, 0.2) is 5.75 Å². The van der Waals surface area contributed by atoms with Crippen molar-refractivity contribution in [3.05, 3.63) is 28.3 Å². The molecule has 1 aromatic carbocycles. The molecular weight excluding hydrogens is 274 g/mol. The number of anilines is 1. The predicted molar refractivity (Wildman–Crippen MR) is 78.7 cm³/mol. The highest BCUT2D eigenvalue weighted by Crippen LogP contribution is 2.32. The first-order valence-electron chi connectivity index (χ1n) is 6.95. The summed E-state index contributed by atoms with van der Waals surface area (Å²) in [5.41, 5.74) is 0.404. The van der Waals surface area contributed by atoms with Crippen molar-refractivity contribution in [1.29, 1.82) is 0 Å². The molecule has 1 aliphatic rings. The third kappa shape index (κ3) is 3.13. The molecule has 1 heterocycles. The Bertz CT molecular complexity index is 547. The van der Waals surface area contributed by atoms with Gasteiger partial charge >= 0.3 is 5.69 Å². The summed E-state index contributed by atoms with van der Waals surface area (Å²) < 4.78 is 4.97. The Hall–Kier alpha value is -2.15. The van der Waals surface area contributed by atoms with Gasteiger partial charge in [0.2, 0.25) is 5.91 Å². The second kappa shape index (κ2) is 6.53. The fraction of sp³-hybridized carbons (Fsp3) is 0.500. The summed E-state index contributed by atoms with van der Waals surface area (Å²) in [7, 11) is 1.38. The van der Waals surface area contributed by atoms with Crippen LogP contribution in [0.2, 0.25) is 0 Å². The first kappa shape index (κ1) is 15.2. The molecule has 1 fully saturated rings. The van der Waals surface area contributed by atoms with Crippen LogP contribution in [-0.2, 0) is 4.79 Å². The molecule has 0 aliphatic carbocycles. The van der Waals surface area contributed by atoms with Crippen LogP contribution in [0.25, 0.3) is 0 Å². The van der Waals surface area contributed by atoms with Crippen LogP contribution in [0, 0.1) is 10.1 Å². The lowest BCUT2D eigenvalue weighted by molar-refractivity contribution is -0.385. The van der Waals surface area contributed by atoms with Gasteiger partial charge in [-0.15, -0.1) is 0 Å². The molecule has 1 amide bonds. The van der Waals surface area contributed by atoms with Gasteiger partial charge < -0.3 is 15.0 Å². The first-order valence-corrected chi connectivity index (χ1v) is 6.95. The normalized spacial score (nSPS) is 18.1. The second-order valence-corrected chi connectivity index (χ2v) is 4.90. The topological polar surface area (TPSA) is 84.7 Å². The van der Waals surface area contributed by atoms with E-state index < -0.39 is 4.92 Å². The largest absolute Gasteiger partial charge is 0.490 e. The van der Waals surface area contributed by atoms with Crippen LogP contribution in [0.4, 0.5) is 11.4 Å². The Kier molecular flexibility index (Phi) is 4.74. The second-order valence-electron chi connectivity index (χ2n) is 4.90.